The van der Waals surface area contributed by atoms with Crippen molar-refractivity contribution in [3.63, 3.8) is 0 Å². The number of nitrogens with zero attached hydrogens (tertiary/aromatic N) is 1. The van der Waals surface area contributed by atoms with Gasteiger partial charge in [-0.15, -0.1) is 0 Å². The zero-order valence-corrected chi connectivity index (χ0v) is 12.7. The van der Waals surface area contributed by atoms with Crippen LogP contribution in [0.5, 0.6) is 5.75 Å². The molecule has 0 spiro atoms. The van der Waals surface area contributed by atoms with E-state index in [-0.39, 0.29) is 5.91 Å². The summed E-state index contributed by atoms with van der Waals surface area (Å²) in [6.07, 6.45) is 3.41. The van der Waals surface area contributed by atoms with E-state index in [0.29, 0.717) is 12.2 Å². The van der Waals surface area contributed by atoms with Gasteiger partial charge in [0.15, 0.2) is 0 Å². The topological polar surface area (TPSA) is 50.7 Å². The second kappa shape index (κ2) is 8.62. The summed E-state index contributed by atoms with van der Waals surface area (Å²) in [5.74, 6) is 0.532. The normalized spacial score (nSPS) is 10.6. The second-order valence-corrected chi connectivity index (χ2v) is 4.73. The molecule has 114 valence electrons. The highest BCUT2D eigenvalue weighted by molar-refractivity contribution is 5.94. The number of carbonyl (C=O) groups is 1. The van der Waals surface area contributed by atoms with Crippen LogP contribution in [0, 0.1) is 0 Å². The molecule has 0 aliphatic rings. The third-order valence-corrected chi connectivity index (χ3v) is 3.09. The SMILES string of the molecule is CCOc1ccc(C(=O)N/N=C\CCc2ccccc2)cc1. The van der Waals surface area contributed by atoms with Crippen LogP contribution in [-0.2, 0) is 6.42 Å². The number of carbonyl (C=O) groups excluding carboxylic acids is 1. The summed E-state index contributed by atoms with van der Waals surface area (Å²) in [5, 5.41) is 3.97. The molecule has 2 aromatic rings. The van der Waals surface area contributed by atoms with Crippen LogP contribution in [0.1, 0.15) is 29.3 Å². The summed E-state index contributed by atoms with van der Waals surface area (Å²) in [6, 6.07) is 17.2. The summed E-state index contributed by atoms with van der Waals surface area (Å²) in [7, 11) is 0. The molecule has 0 heterocycles. The number of amides is 1. The van der Waals surface area contributed by atoms with Gasteiger partial charge in [-0.25, -0.2) is 5.43 Å². The quantitative estimate of drug-likeness (QED) is 0.628. The zero-order chi connectivity index (χ0) is 15.6. The minimum absolute atomic E-state index is 0.223. The second-order valence-electron chi connectivity index (χ2n) is 4.73. The Labute approximate surface area is 130 Å². The van der Waals surface area contributed by atoms with Crippen molar-refractivity contribution in [2.45, 2.75) is 19.8 Å². The molecular formula is C18H20N2O2. The number of hydrogen-bond acceptors (Lipinski definition) is 3. The molecule has 22 heavy (non-hydrogen) atoms. The molecule has 0 aromatic heterocycles. The first-order valence-electron chi connectivity index (χ1n) is 7.38. The fourth-order valence-electron chi connectivity index (χ4n) is 1.98. The van der Waals surface area contributed by atoms with Crippen molar-refractivity contribution in [2.75, 3.05) is 6.61 Å². The molecule has 0 aliphatic heterocycles. The fourth-order valence-corrected chi connectivity index (χ4v) is 1.98. The van der Waals surface area contributed by atoms with E-state index < -0.39 is 0 Å². The number of aryl methyl sites for hydroxylation is 1. The molecule has 4 nitrogen and oxygen atoms in total. The lowest BCUT2D eigenvalue weighted by Gasteiger charge is -2.04. The molecule has 1 amide bonds. The maximum atomic E-state index is 11.9. The van der Waals surface area contributed by atoms with Gasteiger partial charge in [-0.1, -0.05) is 30.3 Å². The summed E-state index contributed by atoms with van der Waals surface area (Å²) >= 11 is 0. The average molecular weight is 296 g/mol. The van der Waals surface area contributed by atoms with Gasteiger partial charge in [-0.2, -0.15) is 5.10 Å². The minimum Gasteiger partial charge on any atom is -0.494 e. The Morgan fingerprint density at radius 1 is 1.14 bits per heavy atom. The van der Waals surface area contributed by atoms with Crippen molar-refractivity contribution in [3.8, 4) is 5.75 Å². The largest absolute Gasteiger partial charge is 0.494 e. The molecule has 0 aliphatic carbocycles. The zero-order valence-electron chi connectivity index (χ0n) is 12.7. The molecule has 2 rings (SSSR count). The highest BCUT2D eigenvalue weighted by Gasteiger charge is 2.03. The summed E-state index contributed by atoms with van der Waals surface area (Å²) in [6.45, 7) is 2.53. The van der Waals surface area contributed by atoms with E-state index in [9.17, 15) is 4.79 Å². The molecule has 0 fully saturated rings. The number of nitrogens with one attached hydrogen (secondary N) is 1. The molecule has 1 N–H and O–H groups in total. The van der Waals surface area contributed by atoms with Crippen LogP contribution in [0.3, 0.4) is 0 Å². The Morgan fingerprint density at radius 2 is 1.86 bits per heavy atom. The first-order valence-corrected chi connectivity index (χ1v) is 7.38. The van der Waals surface area contributed by atoms with Gasteiger partial charge in [0.25, 0.3) is 5.91 Å². The van der Waals surface area contributed by atoms with Crippen molar-refractivity contribution >= 4 is 12.1 Å². The van der Waals surface area contributed by atoms with Crippen LogP contribution in [0.4, 0.5) is 0 Å². The molecule has 0 radical (unpaired) electrons. The van der Waals surface area contributed by atoms with Crippen molar-refractivity contribution in [3.05, 3.63) is 65.7 Å². The van der Waals surface area contributed by atoms with Crippen LogP contribution in [0.25, 0.3) is 0 Å². The Morgan fingerprint density at radius 3 is 2.55 bits per heavy atom. The average Bonchev–Trinajstić information content (AvgIpc) is 2.56. The van der Waals surface area contributed by atoms with Gasteiger partial charge in [0.2, 0.25) is 0 Å². The lowest BCUT2D eigenvalue weighted by Crippen LogP contribution is -2.17. The molecular weight excluding hydrogens is 276 g/mol. The Bertz CT molecular complexity index is 607. The van der Waals surface area contributed by atoms with E-state index in [0.717, 1.165) is 18.6 Å². The number of benzene rings is 2. The molecule has 4 heteroatoms. The highest BCUT2D eigenvalue weighted by atomic mass is 16.5. The van der Waals surface area contributed by atoms with E-state index in [1.54, 1.807) is 30.5 Å². The van der Waals surface area contributed by atoms with Crippen LogP contribution >= 0.6 is 0 Å². The number of ether oxygens (including phenoxy) is 1. The maximum absolute atomic E-state index is 11.9. The Balaban J connectivity index is 1.76. The lowest BCUT2D eigenvalue weighted by molar-refractivity contribution is 0.0955. The fraction of sp³-hybridized carbons (Fsp3) is 0.222. The predicted molar refractivity (Wildman–Crippen MR) is 88.3 cm³/mol. The van der Waals surface area contributed by atoms with E-state index >= 15 is 0 Å². The van der Waals surface area contributed by atoms with Gasteiger partial charge in [-0.3, -0.25) is 4.79 Å². The van der Waals surface area contributed by atoms with Gasteiger partial charge < -0.3 is 4.74 Å². The monoisotopic (exact) mass is 296 g/mol. The van der Waals surface area contributed by atoms with Crippen molar-refractivity contribution in [1.82, 2.24) is 5.43 Å². The van der Waals surface area contributed by atoms with E-state index in [1.165, 1.54) is 5.56 Å². The highest BCUT2D eigenvalue weighted by Crippen LogP contribution is 2.11. The van der Waals surface area contributed by atoms with Crippen LogP contribution in [0.2, 0.25) is 0 Å². The van der Waals surface area contributed by atoms with Gasteiger partial charge in [0.05, 0.1) is 6.61 Å². The number of hydrogen-bond donors (Lipinski definition) is 1. The van der Waals surface area contributed by atoms with Crippen LogP contribution < -0.4 is 10.2 Å². The third-order valence-electron chi connectivity index (χ3n) is 3.09. The third kappa shape index (κ3) is 5.05. The molecule has 0 saturated carbocycles. The number of hydrazone groups is 1. The van der Waals surface area contributed by atoms with E-state index in [4.69, 9.17) is 4.74 Å². The molecule has 0 bridgehead atoms. The van der Waals surface area contributed by atoms with Crippen molar-refractivity contribution in [2.24, 2.45) is 5.10 Å². The van der Waals surface area contributed by atoms with Gasteiger partial charge in [0.1, 0.15) is 5.75 Å². The minimum atomic E-state index is -0.223. The van der Waals surface area contributed by atoms with Crippen molar-refractivity contribution < 1.29 is 9.53 Å². The first-order chi connectivity index (χ1) is 10.8. The summed E-state index contributed by atoms with van der Waals surface area (Å²) in [4.78, 5) is 11.9. The van der Waals surface area contributed by atoms with Gasteiger partial charge in [-0.05, 0) is 49.6 Å². The Hall–Kier alpha value is -2.62. The van der Waals surface area contributed by atoms with Gasteiger partial charge >= 0.3 is 0 Å². The Kier molecular flexibility index (Phi) is 6.18. The van der Waals surface area contributed by atoms with Gasteiger partial charge in [0, 0.05) is 11.8 Å². The van der Waals surface area contributed by atoms with Crippen molar-refractivity contribution in [1.29, 1.82) is 0 Å². The van der Waals surface area contributed by atoms with E-state index in [2.05, 4.69) is 22.7 Å². The summed E-state index contributed by atoms with van der Waals surface area (Å²) in [5.41, 5.74) is 4.34. The standard InChI is InChI=1S/C18H20N2O2/c1-2-22-17-12-10-16(11-13-17)18(21)20-19-14-6-9-15-7-4-3-5-8-15/h3-5,7-8,10-14H,2,6,9H2,1H3,(H,20,21)/b19-14-. The lowest BCUT2D eigenvalue weighted by atomic mass is 10.1. The van der Waals surface area contributed by atoms with E-state index in [1.807, 2.05) is 25.1 Å². The first kappa shape index (κ1) is 15.8. The molecule has 0 atom stereocenters. The van der Waals surface area contributed by atoms with Crippen LogP contribution in [-0.4, -0.2) is 18.7 Å². The predicted octanol–water partition coefficient (Wildman–Crippen LogP) is 3.43. The molecule has 2 aromatic carbocycles. The molecule has 0 saturated heterocycles. The molecule has 0 unspecified atom stereocenters. The van der Waals surface area contributed by atoms with Crippen LogP contribution in [0.15, 0.2) is 59.7 Å². The summed E-state index contributed by atoms with van der Waals surface area (Å²) < 4.78 is 5.33. The maximum Gasteiger partial charge on any atom is 0.271 e. The number of rotatable bonds is 7. The smallest absolute Gasteiger partial charge is 0.271 e.